The first-order chi connectivity index (χ1) is 26.5. The van der Waals surface area contributed by atoms with Crippen molar-refractivity contribution < 1.29 is 10.2 Å². The summed E-state index contributed by atoms with van der Waals surface area (Å²) in [5, 5.41) is 25.5. The minimum atomic E-state index is -1.42. The molecular formula is C49H43N3O2. The van der Waals surface area contributed by atoms with E-state index in [2.05, 4.69) is 24.3 Å². The van der Waals surface area contributed by atoms with E-state index in [1.54, 1.807) is 12.4 Å². The Kier molecular flexibility index (Phi) is 11.4. The average molecular weight is 706 g/mol. The first-order valence-corrected chi connectivity index (χ1v) is 18.3. The minimum Gasteiger partial charge on any atom is -0.378 e. The van der Waals surface area contributed by atoms with Gasteiger partial charge in [-0.05, 0) is 58.4 Å². The van der Waals surface area contributed by atoms with Crippen LogP contribution < -0.4 is 0 Å². The Bertz CT molecular complexity index is 2010. The second-order valence-corrected chi connectivity index (χ2v) is 13.5. The summed E-state index contributed by atoms with van der Waals surface area (Å²) in [7, 11) is 0. The van der Waals surface area contributed by atoms with E-state index < -0.39 is 23.3 Å². The maximum Gasteiger partial charge on any atom is 0.137 e. The summed E-state index contributed by atoms with van der Waals surface area (Å²) in [6.45, 7) is 0. The molecule has 6 aromatic carbocycles. The number of aromatic nitrogens is 1. The van der Waals surface area contributed by atoms with Crippen molar-refractivity contribution in [2.45, 2.75) is 36.1 Å². The second kappa shape index (κ2) is 17.0. The third kappa shape index (κ3) is 8.18. The summed E-state index contributed by atoms with van der Waals surface area (Å²) < 4.78 is 0. The smallest absolute Gasteiger partial charge is 0.137 e. The summed E-state index contributed by atoms with van der Waals surface area (Å²) in [5.74, 6) is 0. The molecule has 7 rings (SSSR count). The standard InChI is InChI=1S/C49H43N3O2/c53-48(40-24-11-3-12-25-40,41-26-13-4-14-27-41)46(34-38-20-7-1-8-21-38)50-36-44-32-19-33-45(52-44)37-51-47(35-39-22-9-2-10-23-39)49(54,42-28-15-5-16-29-42)43-30-17-6-18-31-43/h1-33,36-37,46-47,53-54H,34-35H2/t46-,47-/m0/s1. The molecule has 54 heavy (non-hydrogen) atoms. The van der Waals surface area contributed by atoms with Crippen LogP contribution in [0.2, 0.25) is 0 Å². The molecule has 0 aliphatic rings. The number of aliphatic imine (C=N–C) groups is 2. The maximum absolute atomic E-state index is 12.8. The van der Waals surface area contributed by atoms with Crippen molar-refractivity contribution in [3.8, 4) is 0 Å². The van der Waals surface area contributed by atoms with Crippen molar-refractivity contribution in [2.24, 2.45) is 9.98 Å². The average Bonchev–Trinajstić information content (AvgIpc) is 3.25. The zero-order valence-electron chi connectivity index (χ0n) is 30.0. The molecule has 0 radical (unpaired) electrons. The molecule has 0 aliphatic carbocycles. The molecule has 5 heteroatoms. The van der Waals surface area contributed by atoms with E-state index in [1.807, 2.05) is 176 Å². The first kappa shape index (κ1) is 36.1. The molecule has 2 N–H and O–H groups in total. The SMILES string of the molecule is OC(c1ccccc1)(c1ccccc1)[C@H](Cc1ccccc1)N=Cc1cccc(C=N[C@@H](Cc2ccccc2)C(O)(c2ccccc2)c2ccccc2)n1. The third-order valence-electron chi connectivity index (χ3n) is 9.93. The highest BCUT2D eigenvalue weighted by Crippen LogP contribution is 2.38. The zero-order chi connectivity index (χ0) is 37.1. The Morgan fingerprint density at radius 1 is 0.389 bits per heavy atom. The molecule has 2 atom stereocenters. The largest absolute Gasteiger partial charge is 0.378 e. The highest BCUT2D eigenvalue weighted by Gasteiger charge is 2.41. The van der Waals surface area contributed by atoms with Crippen LogP contribution in [0.1, 0.15) is 44.8 Å². The fraction of sp³-hybridized carbons (Fsp3) is 0.122. The third-order valence-corrected chi connectivity index (χ3v) is 9.93. The van der Waals surface area contributed by atoms with Crippen LogP contribution in [0.5, 0.6) is 0 Å². The van der Waals surface area contributed by atoms with Crippen LogP contribution in [-0.4, -0.2) is 39.7 Å². The number of aliphatic hydroxyl groups is 2. The lowest BCUT2D eigenvalue weighted by molar-refractivity contribution is 0.0526. The lowest BCUT2D eigenvalue weighted by Crippen LogP contribution is -2.41. The van der Waals surface area contributed by atoms with Crippen molar-refractivity contribution >= 4 is 12.4 Å². The summed E-state index contributed by atoms with van der Waals surface area (Å²) in [6, 6.07) is 63.8. The summed E-state index contributed by atoms with van der Waals surface area (Å²) in [6.07, 6.45) is 4.48. The number of hydrogen-bond donors (Lipinski definition) is 2. The lowest BCUT2D eigenvalue weighted by atomic mass is 9.78. The van der Waals surface area contributed by atoms with E-state index in [0.717, 1.165) is 33.4 Å². The van der Waals surface area contributed by atoms with Crippen molar-refractivity contribution in [3.05, 3.63) is 245 Å². The second-order valence-electron chi connectivity index (χ2n) is 13.5. The van der Waals surface area contributed by atoms with Crippen LogP contribution in [0.15, 0.2) is 210 Å². The number of hydrogen-bond acceptors (Lipinski definition) is 5. The number of benzene rings is 6. The fourth-order valence-corrected chi connectivity index (χ4v) is 7.11. The maximum atomic E-state index is 12.8. The van der Waals surface area contributed by atoms with Gasteiger partial charge < -0.3 is 10.2 Å². The van der Waals surface area contributed by atoms with Crippen molar-refractivity contribution in [1.29, 1.82) is 0 Å². The van der Waals surface area contributed by atoms with Gasteiger partial charge in [0.25, 0.3) is 0 Å². The molecule has 7 aromatic rings. The van der Waals surface area contributed by atoms with E-state index in [1.165, 1.54) is 0 Å². The highest BCUT2D eigenvalue weighted by atomic mass is 16.3. The Hall–Kier alpha value is -6.27. The Morgan fingerprint density at radius 2 is 0.667 bits per heavy atom. The van der Waals surface area contributed by atoms with Gasteiger partial charge in [0, 0.05) is 12.4 Å². The molecule has 5 nitrogen and oxygen atoms in total. The lowest BCUT2D eigenvalue weighted by Gasteiger charge is -2.35. The van der Waals surface area contributed by atoms with E-state index in [9.17, 15) is 10.2 Å². The molecule has 1 aromatic heterocycles. The van der Waals surface area contributed by atoms with Gasteiger partial charge in [-0.15, -0.1) is 0 Å². The van der Waals surface area contributed by atoms with Gasteiger partial charge in [-0.3, -0.25) is 9.98 Å². The minimum absolute atomic E-state index is 0.498. The molecule has 0 spiro atoms. The van der Waals surface area contributed by atoms with Crippen LogP contribution in [0.4, 0.5) is 0 Å². The van der Waals surface area contributed by atoms with Crippen molar-refractivity contribution in [1.82, 2.24) is 4.98 Å². The zero-order valence-corrected chi connectivity index (χ0v) is 30.0. The molecule has 266 valence electrons. The molecule has 0 saturated heterocycles. The number of nitrogens with zero attached hydrogens (tertiary/aromatic N) is 3. The Labute approximate surface area is 317 Å². The molecule has 0 bridgehead atoms. The predicted octanol–water partition coefficient (Wildman–Crippen LogP) is 9.01. The molecule has 0 fully saturated rings. The van der Waals surface area contributed by atoms with Crippen molar-refractivity contribution in [3.63, 3.8) is 0 Å². The molecular weight excluding hydrogens is 663 g/mol. The molecule has 1 heterocycles. The number of pyridine rings is 1. The topological polar surface area (TPSA) is 78.1 Å². The molecule has 0 amide bonds. The van der Waals surface area contributed by atoms with Gasteiger partial charge in [0.15, 0.2) is 0 Å². The Morgan fingerprint density at radius 3 is 0.963 bits per heavy atom. The molecule has 0 unspecified atom stereocenters. The van der Waals surface area contributed by atoms with E-state index in [-0.39, 0.29) is 0 Å². The van der Waals surface area contributed by atoms with Crippen LogP contribution in [0.25, 0.3) is 0 Å². The summed E-state index contributed by atoms with van der Waals surface area (Å²) in [5.41, 5.74) is 3.58. The normalized spacial score (nSPS) is 13.2. The van der Waals surface area contributed by atoms with Gasteiger partial charge in [-0.25, -0.2) is 4.98 Å². The van der Waals surface area contributed by atoms with E-state index >= 15 is 0 Å². The van der Waals surface area contributed by atoms with Crippen LogP contribution in [0, 0.1) is 0 Å². The van der Waals surface area contributed by atoms with Crippen LogP contribution in [-0.2, 0) is 24.0 Å². The monoisotopic (exact) mass is 705 g/mol. The van der Waals surface area contributed by atoms with E-state index in [4.69, 9.17) is 15.0 Å². The summed E-state index contributed by atoms with van der Waals surface area (Å²) in [4.78, 5) is 15.1. The predicted molar refractivity (Wildman–Crippen MR) is 219 cm³/mol. The highest BCUT2D eigenvalue weighted by molar-refractivity contribution is 5.82. The van der Waals surface area contributed by atoms with Crippen LogP contribution >= 0.6 is 0 Å². The van der Waals surface area contributed by atoms with Gasteiger partial charge in [-0.1, -0.05) is 188 Å². The molecule has 0 saturated carbocycles. The van der Waals surface area contributed by atoms with Gasteiger partial charge in [-0.2, -0.15) is 0 Å². The van der Waals surface area contributed by atoms with Crippen molar-refractivity contribution in [2.75, 3.05) is 0 Å². The first-order valence-electron chi connectivity index (χ1n) is 18.3. The van der Waals surface area contributed by atoms with Gasteiger partial charge >= 0.3 is 0 Å². The Balaban J connectivity index is 1.26. The van der Waals surface area contributed by atoms with Gasteiger partial charge in [0.2, 0.25) is 0 Å². The van der Waals surface area contributed by atoms with Gasteiger partial charge in [0.1, 0.15) is 11.2 Å². The van der Waals surface area contributed by atoms with E-state index in [0.29, 0.717) is 24.2 Å². The summed E-state index contributed by atoms with van der Waals surface area (Å²) >= 11 is 0. The quantitative estimate of drug-likeness (QED) is 0.111. The number of rotatable bonds is 14. The van der Waals surface area contributed by atoms with Gasteiger partial charge in [0.05, 0.1) is 23.5 Å². The van der Waals surface area contributed by atoms with Crippen LogP contribution in [0.3, 0.4) is 0 Å². The fourth-order valence-electron chi connectivity index (χ4n) is 7.11. The molecule has 0 aliphatic heterocycles.